The van der Waals surface area contributed by atoms with E-state index in [9.17, 15) is 9.90 Å². The fourth-order valence-electron chi connectivity index (χ4n) is 2.23. The lowest BCUT2D eigenvalue weighted by Crippen LogP contribution is -2.21. The molecule has 0 saturated carbocycles. The second kappa shape index (κ2) is 10.0. The van der Waals surface area contributed by atoms with E-state index < -0.39 is 5.97 Å². The van der Waals surface area contributed by atoms with Crippen molar-refractivity contribution in [3.8, 4) is 0 Å². The van der Waals surface area contributed by atoms with Gasteiger partial charge in [0.15, 0.2) is 0 Å². The van der Waals surface area contributed by atoms with Gasteiger partial charge in [0.1, 0.15) is 0 Å². The fourth-order valence-corrected chi connectivity index (χ4v) is 2.63. The lowest BCUT2D eigenvalue weighted by molar-refractivity contribution is -0.305. The van der Waals surface area contributed by atoms with Gasteiger partial charge >= 0.3 is 0 Å². The molecule has 0 amide bonds. The van der Waals surface area contributed by atoms with Crippen molar-refractivity contribution >= 4 is 21.9 Å². The van der Waals surface area contributed by atoms with Gasteiger partial charge in [-0.15, -0.1) is 0 Å². The number of benzene rings is 1. The highest BCUT2D eigenvalue weighted by molar-refractivity contribution is 9.09. The molecule has 0 atom stereocenters. The highest BCUT2D eigenvalue weighted by Crippen LogP contribution is 2.15. The molecule has 0 N–H and O–H groups in total. The first-order valence-electron chi connectivity index (χ1n) is 7.06. The number of carboxylic acid groups (broad SMARTS) is 1. The van der Waals surface area contributed by atoms with E-state index in [4.69, 9.17) is 0 Å². The molecule has 0 aliphatic rings. The molecule has 0 fully saturated rings. The lowest BCUT2D eigenvalue weighted by Gasteiger charge is -2.09. The molecule has 0 aliphatic heterocycles. The maximum Gasteiger partial charge on any atom is 0.0414 e. The van der Waals surface area contributed by atoms with Gasteiger partial charge in [-0.1, -0.05) is 53.0 Å². The fraction of sp³-hybridized carbons (Fsp3) is 0.562. The van der Waals surface area contributed by atoms with Crippen LogP contribution >= 0.6 is 15.9 Å². The summed E-state index contributed by atoms with van der Waals surface area (Å²) in [5.74, 6) is -0.952. The summed E-state index contributed by atoms with van der Waals surface area (Å²) in [5, 5.41) is 11.5. The molecule has 1 aromatic carbocycles. The smallest absolute Gasteiger partial charge is 0.0414 e. The van der Waals surface area contributed by atoms with E-state index in [0.29, 0.717) is 6.42 Å². The molecular formula is C16H22BrO2-. The first-order valence-corrected chi connectivity index (χ1v) is 8.18. The number of carbonyl (C=O) groups excluding carboxylic acids is 1. The minimum Gasteiger partial charge on any atom is -0.550 e. The zero-order valence-electron chi connectivity index (χ0n) is 11.4. The molecule has 0 radical (unpaired) electrons. The number of hydrogen-bond donors (Lipinski definition) is 0. The third-order valence-electron chi connectivity index (χ3n) is 3.28. The van der Waals surface area contributed by atoms with Crippen molar-refractivity contribution < 1.29 is 9.90 Å². The van der Waals surface area contributed by atoms with Crippen molar-refractivity contribution in [2.45, 2.75) is 51.4 Å². The molecule has 2 nitrogen and oxygen atoms in total. The van der Waals surface area contributed by atoms with Crippen LogP contribution in [0.4, 0.5) is 0 Å². The van der Waals surface area contributed by atoms with E-state index in [-0.39, 0.29) is 6.42 Å². The number of hydrogen-bond acceptors (Lipinski definition) is 2. The van der Waals surface area contributed by atoms with Gasteiger partial charge < -0.3 is 9.90 Å². The molecule has 0 heterocycles. The van der Waals surface area contributed by atoms with Crippen LogP contribution < -0.4 is 5.11 Å². The maximum atomic E-state index is 10.4. The van der Waals surface area contributed by atoms with Crippen LogP contribution in [-0.4, -0.2) is 11.3 Å². The monoisotopic (exact) mass is 325 g/mol. The van der Waals surface area contributed by atoms with Crippen LogP contribution in [0.25, 0.3) is 0 Å². The molecular weight excluding hydrogens is 304 g/mol. The van der Waals surface area contributed by atoms with Crippen molar-refractivity contribution in [2.75, 3.05) is 5.33 Å². The van der Waals surface area contributed by atoms with E-state index in [0.717, 1.165) is 18.2 Å². The SMILES string of the molecule is O=C([O-])CCCc1ccccc1CCCCCCBr. The van der Waals surface area contributed by atoms with E-state index in [1.165, 1.54) is 36.8 Å². The Kier molecular flexibility index (Phi) is 8.55. The Balaban J connectivity index is 2.37. The zero-order chi connectivity index (χ0) is 13.9. The molecule has 0 bridgehead atoms. The Morgan fingerprint density at radius 2 is 1.53 bits per heavy atom. The largest absolute Gasteiger partial charge is 0.550 e. The number of carbonyl (C=O) groups is 1. The van der Waals surface area contributed by atoms with Crippen molar-refractivity contribution in [2.24, 2.45) is 0 Å². The number of halogens is 1. The Labute approximate surface area is 124 Å². The number of unbranched alkanes of at least 4 members (excludes halogenated alkanes) is 3. The molecule has 0 unspecified atom stereocenters. The number of aliphatic carboxylic acids is 1. The molecule has 0 spiro atoms. The van der Waals surface area contributed by atoms with Crippen molar-refractivity contribution in [3.63, 3.8) is 0 Å². The van der Waals surface area contributed by atoms with Gasteiger partial charge in [-0.2, -0.15) is 0 Å². The molecule has 0 saturated heterocycles. The summed E-state index contributed by atoms with van der Waals surface area (Å²) >= 11 is 3.45. The minimum atomic E-state index is -0.952. The van der Waals surface area contributed by atoms with Gasteiger partial charge in [0.05, 0.1) is 0 Å². The summed E-state index contributed by atoms with van der Waals surface area (Å²) in [6.45, 7) is 0. The molecule has 0 aromatic heterocycles. The third-order valence-corrected chi connectivity index (χ3v) is 3.84. The number of rotatable bonds is 10. The van der Waals surface area contributed by atoms with Crippen LogP contribution in [0.15, 0.2) is 24.3 Å². The quantitative estimate of drug-likeness (QED) is 0.489. The summed E-state index contributed by atoms with van der Waals surface area (Å²) in [6, 6.07) is 8.38. The second-order valence-corrected chi connectivity index (χ2v) is 5.64. The third kappa shape index (κ3) is 7.36. The van der Waals surface area contributed by atoms with Gasteiger partial charge in [0.2, 0.25) is 0 Å². The van der Waals surface area contributed by atoms with E-state index in [1.54, 1.807) is 0 Å². The van der Waals surface area contributed by atoms with Crippen molar-refractivity contribution in [1.29, 1.82) is 0 Å². The molecule has 1 rings (SSSR count). The number of aryl methyl sites for hydroxylation is 2. The normalized spacial score (nSPS) is 10.6. The topological polar surface area (TPSA) is 40.1 Å². The molecule has 0 aliphatic carbocycles. The summed E-state index contributed by atoms with van der Waals surface area (Å²) < 4.78 is 0. The Hall–Kier alpha value is -0.830. The van der Waals surface area contributed by atoms with Crippen LogP contribution in [0.1, 0.15) is 49.7 Å². The molecule has 106 valence electrons. The van der Waals surface area contributed by atoms with Crippen molar-refractivity contribution in [3.05, 3.63) is 35.4 Å². The number of carboxylic acids is 1. The maximum absolute atomic E-state index is 10.4. The van der Waals surface area contributed by atoms with Gasteiger partial charge in [0.25, 0.3) is 0 Å². The standard InChI is InChI=1S/C16H23BrO2/c17-13-6-2-1-3-8-14-9-4-5-10-15(14)11-7-12-16(18)19/h4-5,9-10H,1-3,6-8,11-13H2,(H,18,19)/p-1. The Morgan fingerprint density at radius 3 is 2.11 bits per heavy atom. The molecule has 19 heavy (non-hydrogen) atoms. The first kappa shape index (κ1) is 16.2. The number of alkyl halides is 1. The molecule has 1 aromatic rings. The highest BCUT2D eigenvalue weighted by Gasteiger charge is 2.02. The van der Waals surface area contributed by atoms with Gasteiger partial charge in [-0.05, 0) is 49.7 Å². The second-order valence-electron chi connectivity index (χ2n) is 4.85. The van der Waals surface area contributed by atoms with Crippen LogP contribution in [0, 0.1) is 0 Å². The van der Waals surface area contributed by atoms with Crippen LogP contribution in [0.5, 0.6) is 0 Å². The van der Waals surface area contributed by atoms with E-state index in [2.05, 4.69) is 34.1 Å². The summed E-state index contributed by atoms with van der Waals surface area (Å²) in [6.07, 6.45) is 7.76. The van der Waals surface area contributed by atoms with Gasteiger partial charge in [-0.3, -0.25) is 0 Å². The zero-order valence-corrected chi connectivity index (χ0v) is 13.0. The Morgan fingerprint density at radius 1 is 0.947 bits per heavy atom. The van der Waals surface area contributed by atoms with Crippen molar-refractivity contribution in [1.82, 2.24) is 0 Å². The first-order chi connectivity index (χ1) is 9.24. The summed E-state index contributed by atoms with van der Waals surface area (Å²) in [4.78, 5) is 10.4. The summed E-state index contributed by atoms with van der Waals surface area (Å²) in [5.41, 5.74) is 2.67. The lowest BCUT2D eigenvalue weighted by atomic mass is 9.97. The van der Waals surface area contributed by atoms with Gasteiger partial charge in [-0.25, -0.2) is 0 Å². The summed E-state index contributed by atoms with van der Waals surface area (Å²) in [7, 11) is 0. The average Bonchev–Trinajstić information content (AvgIpc) is 2.40. The van der Waals surface area contributed by atoms with E-state index in [1.807, 2.05) is 6.07 Å². The van der Waals surface area contributed by atoms with Crippen LogP contribution in [0.3, 0.4) is 0 Å². The predicted octanol–water partition coefficient (Wildman–Crippen LogP) is 3.26. The van der Waals surface area contributed by atoms with Crippen LogP contribution in [-0.2, 0) is 17.6 Å². The average molecular weight is 326 g/mol. The van der Waals surface area contributed by atoms with E-state index >= 15 is 0 Å². The minimum absolute atomic E-state index is 0.152. The highest BCUT2D eigenvalue weighted by atomic mass is 79.9. The predicted molar refractivity (Wildman–Crippen MR) is 80.4 cm³/mol. The molecule has 3 heteroatoms. The van der Waals surface area contributed by atoms with Gasteiger partial charge in [0, 0.05) is 11.3 Å². The Bertz CT molecular complexity index is 377. The van der Waals surface area contributed by atoms with Crippen LogP contribution in [0.2, 0.25) is 0 Å².